The standard InChI is InChI=1S/C9H14N4O2S/c1-2-16(14,15)13-4-3-7-8(5-13)11-6-12-9(7)10/h6H,2-5H2,1H3,(H2,10,11,12). The van der Waals surface area contributed by atoms with Gasteiger partial charge in [-0.15, -0.1) is 0 Å². The SMILES string of the molecule is CCS(=O)(=O)N1CCc2c(N)ncnc2C1. The Hall–Kier alpha value is -1.21. The Kier molecular flexibility index (Phi) is 2.81. The first-order chi connectivity index (χ1) is 7.54. The summed E-state index contributed by atoms with van der Waals surface area (Å²) in [4.78, 5) is 7.98. The molecule has 0 aliphatic carbocycles. The summed E-state index contributed by atoms with van der Waals surface area (Å²) < 4.78 is 24.8. The summed E-state index contributed by atoms with van der Waals surface area (Å²) in [7, 11) is -3.14. The van der Waals surface area contributed by atoms with E-state index in [9.17, 15) is 8.42 Å². The fraction of sp³-hybridized carbons (Fsp3) is 0.556. The Labute approximate surface area is 94.6 Å². The minimum absolute atomic E-state index is 0.114. The minimum Gasteiger partial charge on any atom is -0.383 e. The van der Waals surface area contributed by atoms with E-state index in [4.69, 9.17) is 5.73 Å². The zero-order valence-electron chi connectivity index (χ0n) is 9.05. The van der Waals surface area contributed by atoms with E-state index >= 15 is 0 Å². The molecule has 1 aliphatic rings. The molecule has 88 valence electrons. The lowest BCUT2D eigenvalue weighted by Crippen LogP contribution is -2.37. The number of rotatable bonds is 2. The smallest absolute Gasteiger partial charge is 0.214 e. The maximum absolute atomic E-state index is 11.7. The second-order valence-corrected chi connectivity index (χ2v) is 5.93. The minimum atomic E-state index is -3.14. The predicted molar refractivity (Wildman–Crippen MR) is 60.0 cm³/mol. The van der Waals surface area contributed by atoms with E-state index in [0.29, 0.717) is 25.3 Å². The normalized spacial score (nSPS) is 17.1. The lowest BCUT2D eigenvalue weighted by Gasteiger charge is -2.27. The number of hydrogen-bond donors (Lipinski definition) is 1. The topological polar surface area (TPSA) is 89.2 Å². The van der Waals surface area contributed by atoms with Crippen molar-refractivity contribution in [2.24, 2.45) is 0 Å². The van der Waals surface area contributed by atoms with E-state index in [0.717, 1.165) is 11.3 Å². The molecule has 0 aromatic carbocycles. The number of nitrogens with two attached hydrogens (primary N) is 1. The quantitative estimate of drug-likeness (QED) is 0.773. The number of sulfonamides is 1. The molecule has 0 saturated heterocycles. The molecule has 0 amide bonds. The average Bonchev–Trinajstić information content (AvgIpc) is 2.29. The van der Waals surface area contributed by atoms with Crippen LogP contribution in [0.3, 0.4) is 0 Å². The Balaban J connectivity index is 2.32. The van der Waals surface area contributed by atoms with Crippen molar-refractivity contribution in [2.45, 2.75) is 19.9 Å². The van der Waals surface area contributed by atoms with Gasteiger partial charge in [-0.1, -0.05) is 0 Å². The van der Waals surface area contributed by atoms with Crippen LogP contribution in [0.25, 0.3) is 0 Å². The molecule has 0 radical (unpaired) electrons. The van der Waals surface area contributed by atoms with Gasteiger partial charge in [0.1, 0.15) is 12.1 Å². The molecule has 16 heavy (non-hydrogen) atoms. The highest BCUT2D eigenvalue weighted by atomic mass is 32.2. The van der Waals surface area contributed by atoms with E-state index in [-0.39, 0.29) is 5.75 Å². The Bertz CT molecular complexity index is 500. The van der Waals surface area contributed by atoms with Gasteiger partial charge in [0.25, 0.3) is 0 Å². The summed E-state index contributed by atoms with van der Waals surface area (Å²) in [6.45, 7) is 2.40. The maximum atomic E-state index is 11.7. The van der Waals surface area contributed by atoms with E-state index in [2.05, 4.69) is 9.97 Å². The molecule has 1 aromatic heterocycles. The second kappa shape index (κ2) is 3.99. The highest BCUT2D eigenvalue weighted by Gasteiger charge is 2.27. The molecule has 0 saturated carbocycles. The lowest BCUT2D eigenvalue weighted by atomic mass is 10.1. The molecule has 7 heteroatoms. The Morgan fingerprint density at radius 1 is 1.50 bits per heavy atom. The van der Waals surface area contributed by atoms with Gasteiger partial charge in [-0.05, 0) is 13.3 Å². The molecule has 0 bridgehead atoms. The van der Waals surface area contributed by atoms with Crippen molar-refractivity contribution in [3.63, 3.8) is 0 Å². The maximum Gasteiger partial charge on any atom is 0.214 e. The summed E-state index contributed by atoms with van der Waals surface area (Å²) >= 11 is 0. The van der Waals surface area contributed by atoms with E-state index in [1.54, 1.807) is 6.92 Å². The van der Waals surface area contributed by atoms with Crippen molar-refractivity contribution in [1.29, 1.82) is 0 Å². The lowest BCUT2D eigenvalue weighted by molar-refractivity contribution is 0.386. The third-order valence-electron chi connectivity index (χ3n) is 2.76. The fourth-order valence-corrected chi connectivity index (χ4v) is 2.83. The van der Waals surface area contributed by atoms with Gasteiger partial charge in [0.05, 0.1) is 18.0 Å². The number of nitrogens with zero attached hydrogens (tertiary/aromatic N) is 3. The van der Waals surface area contributed by atoms with Crippen LogP contribution in [0, 0.1) is 0 Å². The second-order valence-electron chi connectivity index (χ2n) is 3.67. The van der Waals surface area contributed by atoms with Crippen LogP contribution in [-0.4, -0.2) is 35.0 Å². The molecule has 2 N–H and O–H groups in total. The molecule has 0 unspecified atom stereocenters. The van der Waals surface area contributed by atoms with Crippen LogP contribution >= 0.6 is 0 Å². The molecule has 0 atom stereocenters. The largest absolute Gasteiger partial charge is 0.383 e. The van der Waals surface area contributed by atoms with E-state index in [1.807, 2.05) is 0 Å². The molecule has 6 nitrogen and oxygen atoms in total. The van der Waals surface area contributed by atoms with Gasteiger partial charge in [0, 0.05) is 12.1 Å². The predicted octanol–water partition coefficient (Wildman–Crippen LogP) is -0.233. The van der Waals surface area contributed by atoms with E-state index < -0.39 is 10.0 Å². The van der Waals surface area contributed by atoms with Crippen molar-refractivity contribution in [1.82, 2.24) is 14.3 Å². The van der Waals surface area contributed by atoms with Crippen LogP contribution < -0.4 is 5.73 Å². The molecular weight excluding hydrogens is 228 g/mol. The first-order valence-electron chi connectivity index (χ1n) is 5.10. The van der Waals surface area contributed by atoms with Crippen molar-refractivity contribution in [3.8, 4) is 0 Å². The van der Waals surface area contributed by atoms with Gasteiger partial charge >= 0.3 is 0 Å². The third-order valence-corrected chi connectivity index (χ3v) is 4.59. The number of fused-ring (bicyclic) bond motifs is 1. The number of anilines is 1. The zero-order chi connectivity index (χ0) is 11.8. The van der Waals surface area contributed by atoms with Crippen molar-refractivity contribution < 1.29 is 8.42 Å². The van der Waals surface area contributed by atoms with Gasteiger partial charge in [-0.3, -0.25) is 0 Å². The number of nitrogen functional groups attached to an aromatic ring is 1. The first-order valence-corrected chi connectivity index (χ1v) is 6.71. The third kappa shape index (κ3) is 1.88. The monoisotopic (exact) mass is 242 g/mol. The highest BCUT2D eigenvalue weighted by Crippen LogP contribution is 2.22. The van der Waals surface area contributed by atoms with Crippen LogP contribution in [0.1, 0.15) is 18.2 Å². The van der Waals surface area contributed by atoms with Crippen LogP contribution in [0.2, 0.25) is 0 Å². The summed E-state index contributed by atoms with van der Waals surface area (Å²) in [5.41, 5.74) is 7.31. The van der Waals surface area contributed by atoms with Gasteiger partial charge < -0.3 is 5.73 Å². The van der Waals surface area contributed by atoms with E-state index in [1.165, 1.54) is 10.6 Å². The van der Waals surface area contributed by atoms with Gasteiger partial charge in [0.2, 0.25) is 10.0 Å². The summed E-state index contributed by atoms with van der Waals surface area (Å²) in [6, 6.07) is 0. The molecule has 0 fully saturated rings. The van der Waals surface area contributed by atoms with Gasteiger partial charge in [-0.2, -0.15) is 4.31 Å². The molecule has 1 aromatic rings. The Morgan fingerprint density at radius 2 is 2.25 bits per heavy atom. The zero-order valence-corrected chi connectivity index (χ0v) is 9.87. The van der Waals surface area contributed by atoms with Crippen LogP contribution in [0.5, 0.6) is 0 Å². The van der Waals surface area contributed by atoms with Gasteiger partial charge in [-0.25, -0.2) is 18.4 Å². The number of hydrogen-bond acceptors (Lipinski definition) is 5. The van der Waals surface area contributed by atoms with Crippen molar-refractivity contribution in [2.75, 3.05) is 18.0 Å². The van der Waals surface area contributed by atoms with Gasteiger partial charge in [0.15, 0.2) is 0 Å². The number of aromatic nitrogens is 2. The fourth-order valence-electron chi connectivity index (χ4n) is 1.78. The molecule has 2 rings (SSSR count). The summed E-state index contributed by atoms with van der Waals surface area (Å²) in [6.07, 6.45) is 1.96. The first kappa shape index (κ1) is 11.3. The van der Waals surface area contributed by atoms with Crippen molar-refractivity contribution >= 4 is 15.8 Å². The molecule has 1 aliphatic heterocycles. The van der Waals surface area contributed by atoms with Crippen LogP contribution in [0.15, 0.2) is 6.33 Å². The van der Waals surface area contributed by atoms with Crippen molar-refractivity contribution in [3.05, 3.63) is 17.6 Å². The highest BCUT2D eigenvalue weighted by molar-refractivity contribution is 7.89. The summed E-state index contributed by atoms with van der Waals surface area (Å²) in [5, 5.41) is 0. The molecule has 0 spiro atoms. The molecular formula is C9H14N4O2S. The summed E-state index contributed by atoms with van der Waals surface area (Å²) in [5.74, 6) is 0.571. The van der Waals surface area contributed by atoms with Crippen LogP contribution in [0.4, 0.5) is 5.82 Å². The Morgan fingerprint density at radius 3 is 2.94 bits per heavy atom. The average molecular weight is 242 g/mol. The molecule has 2 heterocycles. The van der Waals surface area contributed by atoms with Crippen LogP contribution in [-0.2, 0) is 23.0 Å².